The molecule has 13 heteroatoms. The van der Waals surface area contributed by atoms with Gasteiger partial charge in [0.05, 0.1) is 22.8 Å². The summed E-state index contributed by atoms with van der Waals surface area (Å²) in [6.45, 7) is 0. The van der Waals surface area contributed by atoms with Gasteiger partial charge in [-0.15, -0.1) is 16.0 Å². The van der Waals surface area contributed by atoms with Gasteiger partial charge in [-0.3, -0.25) is 4.79 Å². The molecule has 0 unspecified atom stereocenters. The van der Waals surface area contributed by atoms with Crippen LogP contribution in [-0.4, -0.2) is 43.8 Å². The number of carboxylic acid groups (broad SMARTS) is 1. The Morgan fingerprint density at radius 3 is 2.59 bits per heavy atom. The van der Waals surface area contributed by atoms with E-state index in [1.54, 1.807) is 10.7 Å². The molecule has 4 aromatic heterocycles. The van der Waals surface area contributed by atoms with Gasteiger partial charge in [-0.2, -0.15) is 23.4 Å². The lowest BCUT2D eigenvalue weighted by Crippen LogP contribution is -2.39. The molecule has 5 rings (SSSR count). The zero-order valence-electron chi connectivity index (χ0n) is 17.8. The number of carboxylic acids is 1. The maximum absolute atomic E-state index is 12.4. The van der Waals surface area contributed by atoms with E-state index in [1.807, 2.05) is 48.0 Å². The van der Waals surface area contributed by atoms with Crippen molar-refractivity contribution in [3.05, 3.63) is 47.3 Å². The first-order chi connectivity index (χ1) is 16.1. The monoisotopic (exact) mass is 492 g/mol. The summed E-state index contributed by atoms with van der Waals surface area (Å²) in [6.07, 6.45) is 7.73. The lowest BCUT2D eigenvalue weighted by molar-refractivity contribution is -0.726. The van der Waals surface area contributed by atoms with E-state index in [1.165, 1.54) is 17.8 Å². The van der Waals surface area contributed by atoms with Gasteiger partial charge in [-0.25, -0.2) is 9.50 Å². The Morgan fingerprint density at radius 1 is 1.26 bits per heavy atom. The van der Waals surface area contributed by atoms with Gasteiger partial charge in [0.1, 0.15) is 5.97 Å². The molecular formula is C21H19F3N6O3S. The summed E-state index contributed by atoms with van der Waals surface area (Å²) in [5, 5.41) is 21.4. The van der Waals surface area contributed by atoms with Crippen molar-refractivity contribution < 1.29 is 32.5 Å². The first-order valence-electron chi connectivity index (χ1n) is 10.2. The number of aryl methyl sites for hydroxylation is 1. The van der Waals surface area contributed by atoms with Crippen LogP contribution in [0.4, 0.5) is 13.2 Å². The number of thiophene rings is 1. The Bertz CT molecular complexity index is 1340. The highest BCUT2D eigenvalue weighted by Crippen LogP contribution is 2.29. The highest BCUT2D eigenvalue weighted by Gasteiger charge is 2.28. The standard InChI is InChI=1S/C19H18N6OS.C2HF3O2/c1-24-9-14(7-21-24)13-6-20-18-16(8-22-25(18)10-13)12-5-17(27-11-12)19(26)23-15-3-2-4-15;3-2(4,5)1(6)7/h5-11,15H,2-4H2,1H3,(H,23,26);(H,6,7). The minimum atomic E-state index is -5.19. The fourth-order valence-corrected chi connectivity index (χ4v) is 4.06. The highest BCUT2D eigenvalue weighted by molar-refractivity contribution is 7.12. The van der Waals surface area contributed by atoms with Crippen LogP contribution in [-0.2, 0) is 11.8 Å². The molecular weight excluding hydrogens is 473 g/mol. The third-order valence-electron chi connectivity index (χ3n) is 5.25. The van der Waals surface area contributed by atoms with Crippen LogP contribution in [0.2, 0.25) is 0 Å². The van der Waals surface area contributed by atoms with Crippen LogP contribution in [0.25, 0.3) is 27.9 Å². The van der Waals surface area contributed by atoms with Crippen molar-refractivity contribution in [1.29, 1.82) is 0 Å². The molecule has 0 aliphatic heterocycles. The molecule has 2 N–H and O–H groups in total. The lowest BCUT2D eigenvalue weighted by atomic mass is 9.93. The molecule has 0 bridgehead atoms. The number of aliphatic carboxylic acids is 1. The SMILES string of the molecule is C[n+]1cc(-c2cnc3c(-c4csc(C(=O)NC5CCC5)c4)cnn3c2)c[nH]1.O=C([O-])C(F)(F)F. The second-order valence-corrected chi connectivity index (χ2v) is 8.64. The number of rotatable bonds is 4. The average Bonchev–Trinajstić information content (AvgIpc) is 3.48. The fraction of sp³-hybridized carbons (Fsp3) is 0.286. The van der Waals surface area contributed by atoms with Crippen molar-refractivity contribution in [1.82, 2.24) is 25.0 Å². The van der Waals surface area contributed by atoms with E-state index < -0.39 is 12.1 Å². The van der Waals surface area contributed by atoms with Crippen molar-refractivity contribution in [3.8, 4) is 22.3 Å². The third kappa shape index (κ3) is 5.09. The number of aromatic nitrogens is 5. The van der Waals surface area contributed by atoms with Gasteiger partial charge < -0.3 is 15.2 Å². The van der Waals surface area contributed by atoms with E-state index in [4.69, 9.17) is 9.90 Å². The predicted octanol–water partition coefficient (Wildman–Crippen LogP) is 1.86. The Kier molecular flexibility index (Phi) is 6.37. The molecule has 4 aromatic rings. The van der Waals surface area contributed by atoms with Crippen molar-refractivity contribution in [3.63, 3.8) is 0 Å². The second-order valence-electron chi connectivity index (χ2n) is 7.72. The molecule has 1 fully saturated rings. The number of hydrogen-bond donors (Lipinski definition) is 2. The van der Waals surface area contributed by atoms with E-state index in [9.17, 15) is 18.0 Å². The number of amides is 1. The molecule has 0 saturated heterocycles. The van der Waals surface area contributed by atoms with E-state index >= 15 is 0 Å². The predicted molar refractivity (Wildman–Crippen MR) is 113 cm³/mol. The number of H-pyrrole nitrogens is 1. The zero-order chi connectivity index (χ0) is 24.5. The number of alkyl halides is 3. The average molecular weight is 492 g/mol. The van der Waals surface area contributed by atoms with Crippen LogP contribution < -0.4 is 15.1 Å². The maximum Gasteiger partial charge on any atom is 0.430 e. The summed E-state index contributed by atoms with van der Waals surface area (Å²) in [4.78, 5) is 26.5. The molecule has 1 amide bonds. The number of carbonyl (C=O) groups excluding carboxylic acids is 2. The minimum Gasteiger partial charge on any atom is -0.542 e. The molecule has 178 valence electrons. The molecule has 0 spiro atoms. The number of hydrogen-bond acceptors (Lipinski definition) is 6. The summed E-state index contributed by atoms with van der Waals surface area (Å²) in [6, 6.07) is 2.27. The molecule has 0 atom stereocenters. The number of nitrogens with one attached hydrogen (secondary N) is 2. The normalized spacial score (nSPS) is 13.8. The molecule has 1 aliphatic carbocycles. The quantitative estimate of drug-likeness (QED) is 0.422. The largest absolute Gasteiger partial charge is 0.542 e. The molecule has 4 heterocycles. The van der Waals surface area contributed by atoms with Gasteiger partial charge in [-0.1, -0.05) is 0 Å². The van der Waals surface area contributed by atoms with Crippen LogP contribution in [0.3, 0.4) is 0 Å². The van der Waals surface area contributed by atoms with E-state index in [0.29, 0.717) is 6.04 Å². The Balaban J connectivity index is 0.000000344. The molecule has 34 heavy (non-hydrogen) atoms. The molecule has 0 aromatic carbocycles. The lowest BCUT2D eigenvalue weighted by Gasteiger charge is -2.25. The Labute approximate surface area is 194 Å². The van der Waals surface area contributed by atoms with Crippen LogP contribution in [0.5, 0.6) is 0 Å². The first-order valence-corrected chi connectivity index (χ1v) is 11.1. The van der Waals surface area contributed by atoms with Crippen LogP contribution >= 0.6 is 11.3 Å². The molecule has 1 aliphatic rings. The van der Waals surface area contributed by atoms with Crippen LogP contribution in [0.15, 0.2) is 42.4 Å². The number of aromatic amines is 1. The van der Waals surface area contributed by atoms with Crippen LogP contribution in [0.1, 0.15) is 28.9 Å². The third-order valence-corrected chi connectivity index (χ3v) is 6.18. The maximum atomic E-state index is 12.4. The van der Waals surface area contributed by atoms with E-state index in [0.717, 1.165) is 45.6 Å². The number of nitrogens with zero attached hydrogens (tertiary/aromatic N) is 4. The van der Waals surface area contributed by atoms with Gasteiger partial charge in [0, 0.05) is 29.6 Å². The number of fused-ring (bicyclic) bond motifs is 1. The number of halogens is 3. The van der Waals surface area contributed by atoms with Gasteiger partial charge in [-0.05, 0) is 36.3 Å². The highest BCUT2D eigenvalue weighted by atomic mass is 32.1. The second kappa shape index (κ2) is 9.25. The fourth-order valence-electron chi connectivity index (χ4n) is 3.25. The number of carbonyl (C=O) groups is 2. The smallest absolute Gasteiger partial charge is 0.430 e. The Morgan fingerprint density at radius 2 is 2.00 bits per heavy atom. The summed E-state index contributed by atoms with van der Waals surface area (Å²) < 4.78 is 35.2. The Hall–Kier alpha value is -3.74. The summed E-state index contributed by atoms with van der Waals surface area (Å²) in [7, 11) is 1.94. The zero-order valence-corrected chi connectivity index (χ0v) is 18.6. The van der Waals surface area contributed by atoms with Gasteiger partial charge >= 0.3 is 6.18 Å². The van der Waals surface area contributed by atoms with Crippen molar-refractivity contribution in [2.45, 2.75) is 31.5 Å². The van der Waals surface area contributed by atoms with Gasteiger partial charge in [0.2, 0.25) is 6.20 Å². The van der Waals surface area contributed by atoms with E-state index in [2.05, 4.69) is 20.5 Å². The van der Waals surface area contributed by atoms with E-state index in [-0.39, 0.29) is 5.91 Å². The molecule has 1 saturated carbocycles. The van der Waals surface area contributed by atoms with Crippen LogP contribution in [0, 0.1) is 0 Å². The van der Waals surface area contributed by atoms with Crippen molar-refractivity contribution in [2.24, 2.45) is 7.05 Å². The molecule has 0 radical (unpaired) electrons. The summed E-state index contributed by atoms with van der Waals surface area (Å²) >= 11 is 1.46. The summed E-state index contributed by atoms with van der Waals surface area (Å²) in [5.41, 5.74) is 4.72. The first kappa shape index (κ1) is 23.4. The van der Waals surface area contributed by atoms with Crippen molar-refractivity contribution in [2.75, 3.05) is 0 Å². The van der Waals surface area contributed by atoms with Crippen molar-refractivity contribution >= 4 is 28.9 Å². The van der Waals surface area contributed by atoms with Gasteiger partial charge in [0.25, 0.3) is 5.91 Å². The molecule has 9 nitrogen and oxygen atoms in total. The topological polar surface area (TPSA) is 119 Å². The minimum absolute atomic E-state index is 0.0167. The van der Waals surface area contributed by atoms with Gasteiger partial charge in [0.15, 0.2) is 12.7 Å². The summed E-state index contributed by atoms with van der Waals surface area (Å²) in [5.74, 6) is -2.99.